The van der Waals surface area contributed by atoms with E-state index in [-0.39, 0.29) is 11.9 Å². The maximum atomic E-state index is 12.3. The SMILES string of the molecule is COc1ccccc1O[C@@H](C)C(=O)N[C@@H](C)COc1ccccc1C. The van der Waals surface area contributed by atoms with Gasteiger partial charge in [0.25, 0.3) is 5.91 Å². The summed E-state index contributed by atoms with van der Waals surface area (Å²) in [6.45, 7) is 5.97. The van der Waals surface area contributed by atoms with Gasteiger partial charge in [-0.2, -0.15) is 0 Å². The Kier molecular flexibility index (Phi) is 6.69. The third-order valence-electron chi connectivity index (χ3n) is 3.71. The first-order chi connectivity index (χ1) is 12.0. The number of para-hydroxylation sites is 3. The molecule has 0 saturated heterocycles. The molecule has 2 atom stereocenters. The van der Waals surface area contributed by atoms with Crippen LogP contribution in [0.1, 0.15) is 19.4 Å². The molecule has 0 radical (unpaired) electrons. The largest absolute Gasteiger partial charge is 0.493 e. The van der Waals surface area contributed by atoms with Gasteiger partial charge < -0.3 is 19.5 Å². The standard InChI is InChI=1S/C20H25NO4/c1-14-9-5-6-10-17(14)24-13-15(2)21-20(22)16(3)25-19-12-8-7-11-18(19)23-4/h5-12,15-16H,13H2,1-4H3,(H,21,22)/t15-,16-/m0/s1. The third kappa shape index (κ3) is 5.41. The lowest BCUT2D eigenvalue weighted by Crippen LogP contribution is -2.43. The number of amides is 1. The molecule has 2 aromatic rings. The van der Waals surface area contributed by atoms with Gasteiger partial charge in [-0.25, -0.2) is 0 Å². The smallest absolute Gasteiger partial charge is 0.261 e. The molecule has 1 N–H and O–H groups in total. The molecule has 0 aliphatic heterocycles. The highest BCUT2D eigenvalue weighted by Crippen LogP contribution is 2.26. The molecular weight excluding hydrogens is 318 g/mol. The number of aryl methyl sites for hydroxylation is 1. The summed E-state index contributed by atoms with van der Waals surface area (Å²) in [5.41, 5.74) is 1.06. The average molecular weight is 343 g/mol. The molecule has 134 valence electrons. The summed E-state index contributed by atoms with van der Waals surface area (Å²) in [5.74, 6) is 1.75. The zero-order chi connectivity index (χ0) is 18.2. The van der Waals surface area contributed by atoms with E-state index in [2.05, 4.69) is 5.32 Å². The van der Waals surface area contributed by atoms with Crippen LogP contribution < -0.4 is 19.5 Å². The van der Waals surface area contributed by atoms with E-state index in [1.165, 1.54) is 0 Å². The monoisotopic (exact) mass is 343 g/mol. The number of nitrogens with one attached hydrogen (secondary N) is 1. The molecule has 0 bridgehead atoms. The van der Waals surface area contributed by atoms with Gasteiger partial charge in [-0.1, -0.05) is 30.3 Å². The summed E-state index contributed by atoms with van der Waals surface area (Å²) in [7, 11) is 1.57. The van der Waals surface area contributed by atoms with E-state index < -0.39 is 6.10 Å². The molecule has 0 aliphatic carbocycles. The number of hydrogen-bond acceptors (Lipinski definition) is 4. The van der Waals surface area contributed by atoms with Crippen LogP contribution in [-0.2, 0) is 4.79 Å². The Hall–Kier alpha value is -2.69. The van der Waals surface area contributed by atoms with E-state index in [1.807, 2.05) is 50.2 Å². The number of methoxy groups -OCH3 is 1. The van der Waals surface area contributed by atoms with Crippen molar-refractivity contribution >= 4 is 5.91 Å². The molecule has 2 aromatic carbocycles. The molecule has 0 fully saturated rings. The molecule has 0 spiro atoms. The average Bonchev–Trinajstić information content (AvgIpc) is 2.61. The predicted octanol–water partition coefficient (Wildman–Crippen LogP) is 3.35. The molecule has 0 unspecified atom stereocenters. The van der Waals surface area contributed by atoms with Gasteiger partial charge in [0.15, 0.2) is 17.6 Å². The topological polar surface area (TPSA) is 56.8 Å². The van der Waals surface area contributed by atoms with Crippen LogP contribution in [0.15, 0.2) is 48.5 Å². The normalized spacial score (nSPS) is 12.8. The Balaban J connectivity index is 1.84. The molecule has 0 heterocycles. The lowest BCUT2D eigenvalue weighted by Gasteiger charge is -2.20. The molecule has 0 aliphatic rings. The number of ether oxygens (including phenoxy) is 3. The number of benzene rings is 2. The first-order valence-electron chi connectivity index (χ1n) is 8.29. The molecule has 5 nitrogen and oxygen atoms in total. The molecule has 5 heteroatoms. The zero-order valence-corrected chi connectivity index (χ0v) is 15.1. The van der Waals surface area contributed by atoms with Crippen molar-refractivity contribution in [2.45, 2.75) is 32.9 Å². The fourth-order valence-electron chi connectivity index (χ4n) is 2.30. The van der Waals surface area contributed by atoms with Gasteiger partial charge in [0.05, 0.1) is 13.2 Å². The van der Waals surface area contributed by atoms with Gasteiger partial charge in [-0.05, 0) is 44.5 Å². The molecule has 2 rings (SSSR count). The van der Waals surface area contributed by atoms with Crippen molar-refractivity contribution in [2.24, 2.45) is 0 Å². The highest BCUT2D eigenvalue weighted by molar-refractivity contribution is 5.81. The molecular formula is C20H25NO4. The fourth-order valence-corrected chi connectivity index (χ4v) is 2.30. The minimum Gasteiger partial charge on any atom is -0.493 e. The van der Waals surface area contributed by atoms with Crippen LogP contribution >= 0.6 is 0 Å². The van der Waals surface area contributed by atoms with Crippen molar-refractivity contribution in [2.75, 3.05) is 13.7 Å². The Labute approximate surface area is 148 Å². The van der Waals surface area contributed by atoms with Crippen LogP contribution in [0.4, 0.5) is 0 Å². The number of rotatable bonds is 8. The minimum absolute atomic E-state index is 0.143. The maximum Gasteiger partial charge on any atom is 0.261 e. The van der Waals surface area contributed by atoms with E-state index in [9.17, 15) is 4.79 Å². The summed E-state index contributed by atoms with van der Waals surface area (Å²) in [6.07, 6.45) is -0.641. The van der Waals surface area contributed by atoms with Crippen molar-refractivity contribution in [1.29, 1.82) is 0 Å². The van der Waals surface area contributed by atoms with E-state index in [4.69, 9.17) is 14.2 Å². The van der Waals surface area contributed by atoms with Gasteiger partial charge in [0.2, 0.25) is 0 Å². The van der Waals surface area contributed by atoms with E-state index in [0.29, 0.717) is 18.1 Å². The van der Waals surface area contributed by atoms with Gasteiger partial charge >= 0.3 is 0 Å². The summed E-state index contributed by atoms with van der Waals surface area (Å²) in [6, 6.07) is 14.9. The predicted molar refractivity (Wildman–Crippen MR) is 97.4 cm³/mol. The summed E-state index contributed by atoms with van der Waals surface area (Å²) < 4.78 is 16.7. The lowest BCUT2D eigenvalue weighted by atomic mass is 10.2. The Bertz CT molecular complexity index is 702. The Morgan fingerprint density at radius 3 is 2.24 bits per heavy atom. The van der Waals surface area contributed by atoms with E-state index in [0.717, 1.165) is 11.3 Å². The van der Waals surface area contributed by atoms with Crippen LogP contribution in [0, 0.1) is 6.92 Å². The van der Waals surface area contributed by atoms with Crippen LogP contribution in [0.25, 0.3) is 0 Å². The van der Waals surface area contributed by atoms with Crippen LogP contribution in [0.3, 0.4) is 0 Å². The van der Waals surface area contributed by atoms with Crippen LogP contribution in [-0.4, -0.2) is 31.8 Å². The number of hydrogen-bond donors (Lipinski definition) is 1. The minimum atomic E-state index is -0.641. The van der Waals surface area contributed by atoms with E-state index >= 15 is 0 Å². The summed E-state index contributed by atoms with van der Waals surface area (Å²) >= 11 is 0. The highest BCUT2D eigenvalue weighted by Gasteiger charge is 2.18. The van der Waals surface area contributed by atoms with Crippen molar-refractivity contribution in [3.8, 4) is 17.2 Å². The third-order valence-corrected chi connectivity index (χ3v) is 3.71. The van der Waals surface area contributed by atoms with Gasteiger partial charge in [0, 0.05) is 0 Å². The van der Waals surface area contributed by atoms with Crippen molar-refractivity contribution in [3.63, 3.8) is 0 Å². The first-order valence-corrected chi connectivity index (χ1v) is 8.29. The Morgan fingerprint density at radius 2 is 1.60 bits per heavy atom. The summed E-state index contributed by atoms with van der Waals surface area (Å²) in [4.78, 5) is 12.3. The highest BCUT2D eigenvalue weighted by atomic mass is 16.5. The molecule has 0 aromatic heterocycles. The molecule has 1 amide bonds. The van der Waals surface area contributed by atoms with Gasteiger partial charge in [-0.15, -0.1) is 0 Å². The van der Waals surface area contributed by atoms with Crippen LogP contribution in [0.5, 0.6) is 17.2 Å². The second-order valence-corrected chi connectivity index (χ2v) is 5.90. The van der Waals surface area contributed by atoms with Crippen molar-refractivity contribution in [3.05, 3.63) is 54.1 Å². The number of carbonyl (C=O) groups excluding carboxylic acids is 1. The molecule has 0 saturated carbocycles. The lowest BCUT2D eigenvalue weighted by molar-refractivity contribution is -0.128. The molecule has 25 heavy (non-hydrogen) atoms. The van der Waals surface area contributed by atoms with Crippen molar-refractivity contribution < 1.29 is 19.0 Å². The van der Waals surface area contributed by atoms with Gasteiger partial charge in [0.1, 0.15) is 12.4 Å². The van der Waals surface area contributed by atoms with Crippen LogP contribution in [0.2, 0.25) is 0 Å². The summed E-state index contributed by atoms with van der Waals surface area (Å²) in [5, 5.41) is 2.90. The Morgan fingerprint density at radius 1 is 1.00 bits per heavy atom. The number of carbonyl (C=O) groups is 1. The van der Waals surface area contributed by atoms with Gasteiger partial charge in [-0.3, -0.25) is 4.79 Å². The quantitative estimate of drug-likeness (QED) is 0.798. The van der Waals surface area contributed by atoms with E-state index in [1.54, 1.807) is 26.2 Å². The first kappa shape index (κ1) is 18.6. The second-order valence-electron chi connectivity index (χ2n) is 5.90. The maximum absolute atomic E-state index is 12.3. The van der Waals surface area contributed by atoms with Crippen molar-refractivity contribution in [1.82, 2.24) is 5.32 Å². The fraction of sp³-hybridized carbons (Fsp3) is 0.350. The zero-order valence-electron chi connectivity index (χ0n) is 15.1. The second kappa shape index (κ2) is 8.97.